The average Bonchev–Trinajstić information content (AvgIpc) is 3.44. The Labute approximate surface area is 199 Å². The largest absolute Gasteiger partial charge is 0.748 e. The Morgan fingerprint density at radius 2 is 1.19 bits per heavy atom. The minimum absolute atomic E-state index is 0. The van der Waals surface area contributed by atoms with Crippen molar-refractivity contribution in [2.75, 3.05) is 0 Å². The van der Waals surface area contributed by atoms with Crippen molar-refractivity contribution >= 4 is 23.8 Å². The van der Waals surface area contributed by atoms with Gasteiger partial charge in [-0.05, 0) is 45.3 Å². The Bertz CT molecular complexity index is 912. The molecule has 0 unspecified atom stereocenters. The third-order valence-corrected chi connectivity index (χ3v) is 7.29. The minimum Gasteiger partial charge on any atom is -0.748 e. The molecular weight excluding hydrogens is 437 g/mol. The predicted molar refractivity (Wildman–Crippen MR) is 134 cm³/mol. The molecule has 0 saturated heterocycles. The molecule has 0 heterocycles. The van der Waals surface area contributed by atoms with Crippen LogP contribution in [0.3, 0.4) is 0 Å². The van der Waals surface area contributed by atoms with Crippen LogP contribution in [0.5, 0.6) is 0 Å². The molecule has 1 N–H and O–H groups in total. The summed E-state index contributed by atoms with van der Waals surface area (Å²) >= 11 is 0. The van der Waals surface area contributed by atoms with Gasteiger partial charge in [-0.15, -0.1) is 10.9 Å². The van der Waals surface area contributed by atoms with Gasteiger partial charge in [-0.25, -0.2) is 12.1 Å². The molecule has 0 aliphatic rings. The number of benzene rings is 2. The maximum atomic E-state index is 3.73. The van der Waals surface area contributed by atoms with Gasteiger partial charge in [0, 0.05) is 22.6 Å². The van der Waals surface area contributed by atoms with Gasteiger partial charge in [0.1, 0.15) is 0 Å². The van der Waals surface area contributed by atoms with Crippen molar-refractivity contribution in [1.82, 2.24) is 5.32 Å². The van der Waals surface area contributed by atoms with Gasteiger partial charge in [-0.1, -0.05) is 67.6 Å². The van der Waals surface area contributed by atoms with E-state index in [9.17, 15) is 0 Å². The van der Waals surface area contributed by atoms with E-state index >= 15 is 0 Å². The third kappa shape index (κ3) is 7.60. The molecule has 168 valence electrons. The number of rotatable bonds is 5. The van der Waals surface area contributed by atoms with Crippen LogP contribution in [0.1, 0.15) is 39.3 Å². The molecule has 0 saturated carbocycles. The first-order valence-corrected chi connectivity index (χ1v) is 11.9. The van der Waals surface area contributed by atoms with E-state index < -0.39 is 7.92 Å². The summed E-state index contributed by atoms with van der Waals surface area (Å²) in [6.07, 6.45) is 0. The molecule has 1 atom stereocenters. The fraction of sp³-hybridized carbons (Fsp3) is 0.214. The summed E-state index contributed by atoms with van der Waals surface area (Å²) in [7, 11) is -0.544. The van der Waals surface area contributed by atoms with E-state index in [1.54, 1.807) is 0 Å². The molecule has 4 aromatic carbocycles. The van der Waals surface area contributed by atoms with Gasteiger partial charge in [0.2, 0.25) is 0 Å². The zero-order chi connectivity index (χ0) is 21.4. The van der Waals surface area contributed by atoms with E-state index in [1.165, 1.54) is 21.5 Å². The van der Waals surface area contributed by atoms with Gasteiger partial charge in [0.25, 0.3) is 0 Å². The van der Waals surface area contributed by atoms with Crippen LogP contribution in [-0.2, 0) is 17.1 Å². The summed E-state index contributed by atoms with van der Waals surface area (Å²) in [4.78, 5) is 0. The van der Waals surface area contributed by atoms with E-state index in [4.69, 9.17) is 0 Å². The Morgan fingerprint density at radius 3 is 1.61 bits per heavy atom. The van der Waals surface area contributed by atoms with Crippen molar-refractivity contribution in [1.29, 1.82) is 0 Å². The van der Waals surface area contributed by atoms with Gasteiger partial charge < -0.3 is 35.6 Å². The van der Waals surface area contributed by atoms with Crippen molar-refractivity contribution in [2.45, 2.75) is 39.3 Å². The third-order valence-electron chi connectivity index (χ3n) is 4.77. The molecule has 1 nitrogen and oxygen atoms in total. The van der Waals surface area contributed by atoms with E-state index in [0.717, 1.165) is 0 Å². The fourth-order valence-electron chi connectivity index (χ4n) is 3.62. The Kier molecular flexibility index (Phi) is 9.94. The second kappa shape index (κ2) is 12.2. The second-order valence-corrected chi connectivity index (χ2v) is 10.6. The predicted octanol–water partition coefficient (Wildman–Crippen LogP) is 6.02. The first-order valence-electron chi connectivity index (χ1n) is 10.6. The summed E-state index contributed by atoms with van der Waals surface area (Å²) in [5, 5.41) is 7.99. The van der Waals surface area contributed by atoms with Crippen LogP contribution in [0.4, 0.5) is 0 Å². The van der Waals surface area contributed by atoms with Crippen LogP contribution in [0.2, 0.25) is 0 Å². The van der Waals surface area contributed by atoms with Gasteiger partial charge in [0.15, 0.2) is 0 Å². The molecule has 31 heavy (non-hydrogen) atoms. The van der Waals surface area contributed by atoms with Gasteiger partial charge in [0.05, 0.1) is 0 Å². The summed E-state index contributed by atoms with van der Waals surface area (Å²) in [5.41, 5.74) is 1.50. The Balaban J connectivity index is 0.000000501. The normalized spacial score (nSPS) is 11.9. The zero-order valence-electron chi connectivity index (χ0n) is 18.8. The Hall–Kier alpha value is -1.95. The first-order chi connectivity index (χ1) is 14.5. The smallest absolute Gasteiger partial charge is 0.00918 e. The summed E-state index contributed by atoms with van der Waals surface area (Å²) < 4.78 is 0. The molecule has 0 bridgehead atoms. The van der Waals surface area contributed by atoms with Crippen molar-refractivity contribution in [3.8, 4) is 0 Å². The van der Waals surface area contributed by atoms with Gasteiger partial charge in [-0.3, -0.25) is 0 Å². The molecule has 0 radical (unpaired) electrons. The summed E-state index contributed by atoms with van der Waals surface area (Å²) in [6.45, 7) is 8.95. The topological polar surface area (TPSA) is 12.0 Å². The van der Waals surface area contributed by atoms with Gasteiger partial charge >= 0.3 is 0 Å². The van der Waals surface area contributed by atoms with E-state index in [2.05, 4.69) is 112 Å². The molecule has 0 spiro atoms. The van der Waals surface area contributed by atoms with E-state index in [1.807, 2.05) is 30.3 Å². The average molecular weight is 469 g/mol. The van der Waals surface area contributed by atoms with Gasteiger partial charge in [-0.2, -0.15) is 6.07 Å². The molecule has 0 aliphatic heterocycles. The van der Waals surface area contributed by atoms with Crippen molar-refractivity contribution < 1.29 is 17.1 Å². The fourth-order valence-corrected chi connectivity index (χ4v) is 6.18. The molecule has 0 amide bonds. The summed E-state index contributed by atoms with van der Waals surface area (Å²) in [6, 6.07) is 38.9. The second-order valence-electron chi connectivity index (χ2n) is 8.45. The number of hydrogen-bond donors (Lipinski definition) is 1. The zero-order valence-corrected chi connectivity index (χ0v) is 20.8. The van der Waals surface area contributed by atoms with Crippen LogP contribution in [0.25, 0.3) is 0 Å². The maximum Gasteiger partial charge on any atom is 0.00918 e. The first kappa shape index (κ1) is 25.3. The molecule has 0 fully saturated rings. The quantitative estimate of drug-likeness (QED) is 0.214. The van der Waals surface area contributed by atoms with Crippen molar-refractivity contribution in [3.63, 3.8) is 0 Å². The SMILES string of the molecule is C[C@@H](NC(C)(C)C)[c-]1cccc1P(c1ccccc1)c1ccccc1.[Fe].[cH-]1[cH-][cH-][cH-][cH-]1. The number of hydrogen-bond acceptors (Lipinski definition) is 1. The monoisotopic (exact) mass is 469 g/mol. The van der Waals surface area contributed by atoms with E-state index in [-0.39, 0.29) is 22.6 Å². The minimum atomic E-state index is -0.544. The van der Waals surface area contributed by atoms with Crippen LogP contribution in [0.15, 0.2) is 109 Å². The molecule has 0 aromatic heterocycles. The van der Waals surface area contributed by atoms with Crippen molar-refractivity contribution in [2.24, 2.45) is 0 Å². The van der Waals surface area contributed by atoms with Crippen LogP contribution in [-0.4, -0.2) is 5.54 Å². The standard InChI is InChI=1S/C23H27NP.C5H5.Fe/c1-18(24-23(2,3)4)21-16-11-17-22(21)25(19-12-7-5-8-13-19)20-14-9-6-10-15-20;1-2-4-5-3-1;/h5-18,24H,1-4H3;1-5H;/q-1;-5;/t18-;;/m1../s1. The Morgan fingerprint density at radius 1 is 0.742 bits per heavy atom. The van der Waals surface area contributed by atoms with E-state index in [0.29, 0.717) is 6.04 Å². The molecular formula is C28H32FeNP-6. The molecule has 3 heteroatoms. The maximum absolute atomic E-state index is 3.73. The van der Waals surface area contributed by atoms with Crippen LogP contribution in [0, 0.1) is 0 Å². The molecule has 4 rings (SSSR count). The summed E-state index contributed by atoms with van der Waals surface area (Å²) in [5.74, 6) is 0. The van der Waals surface area contributed by atoms with Crippen molar-refractivity contribution in [3.05, 3.63) is 115 Å². The van der Waals surface area contributed by atoms with Crippen LogP contribution < -0.4 is 21.2 Å². The number of nitrogens with one attached hydrogen (secondary N) is 1. The van der Waals surface area contributed by atoms with Crippen LogP contribution >= 0.6 is 7.92 Å². The molecule has 0 aliphatic carbocycles. The molecule has 4 aromatic rings.